The minimum Gasteiger partial charge on any atom is -0.493 e. The second-order valence-corrected chi connectivity index (χ2v) is 7.53. The number of ether oxygens (including phenoxy) is 2. The molecule has 0 atom stereocenters. The third-order valence-electron chi connectivity index (χ3n) is 3.45. The highest BCUT2D eigenvalue weighted by Crippen LogP contribution is 2.27. The quantitative estimate of drug-likeness (QED) is 0.412. The number of carbonyl (C=O) groups is 1. The summed E-state index contributed by atoms with van der Waals surface area (Å²) in [6.45, 7) is 1.03. The zero-order valence-corrected chi connectivity index (χ0v) is 16.1. The van der Waals surface area contributed by atoms with Gasteiger partial charge >= 0.3 is 0 Å². The van der Waals surface area contributed by atoms with Crippen LogP contribution >= 0.6 is 35.6 Å². The number of thiocarbonyl (C=S) groups is 1. The molecule has 1 N–H and O–H groups in total. The van der Waals surface area contributed by atoms with Crippen molar-refractivity contribution in [2.45, 2.75) is 6.42 Å². The van der Waals surface area contributed by atoms with Gasteiger partial charge in [0.1, 0.15) is 15.8 Å². The van der Waals surface area contributed by atoms with E-state index in [1.54, 1.807) is 12.1 Å². The first-order valence-electron chi connectivity index (χ1n) is 7.97. The maximum atomic E-state index is 11.7. The number of hydrogen-bond acceptors (Lipinski definition) is 5. The van der Waals surface area contributed by atoms with Gasteiger partial charge in [-0.2, -0.15) is 0 Å². The second-order valence-electron chi connectivity index (χ2n) is 5.41. The second kappa shape index (κ2) is 9.07. The predicted molar refractivity (Wildman–Crippen MR) is 110 cm³/mol. The largest absolute Gasteiger partial charge is 0.493 e. The monoisotopic (exact) mass is 405 g/mol. The van der Waals surface area contributed by atoms with Gasteiger partial charge in [-0.3, -0.25) is 4.79 Å². The van der Waals surface area contributed by atoms with Crippen molar-refractivity contribution in [1.82, 2.24) is 5.32 Å². The molecule has 0 aromatic heterocycles. The van der Waals surface area contributed by atoms with Crippen LogP contribution in [0.25, 0.3) is 6.08 Å². The Morgan fingerprint density at radius 3 is 2.69 bits per heavy atom. The fourth-order valence-corrected chi connectivity index (χ4v) is 3.49. The summed E-state index contributed by atoms with van der Waals surface area (Å²) in [5, 5.41) is 3.20. The molecule has 2 aromatic rings. The van der Waals surface area contributed by atoms with Gasteiger partial charge in [-0.25, -0.2) is 0 Å². The van der Waals surface area contributed by atoms with Crippen LogP contribution in [0, 0.1) is 0 Å². The average Bonchev–Trinajstić information content (AvgIpc) is 2.94. The van der Waals surface area contributed by atoms with E-state index in [0.717, 1.165) is 17.7 Å². The highest BCUT2D eigenvalue weighted by atomic mass is 35.5. The number of amides is 1. The maximum absolute atomic E-state index is 11.7. The summed E-state index contributed by atoms with van der Waals surface area (Å²) in [5.41, 5.74) is 0.886. The third kappa shape index (κ3) is 5.24. The Morgan fingerprint density at radius 1 is 1.12 bits per heavy atom. The van der Waals surface area contributed by atoms with Crippen LogP contribution in [-0.4, -0.2) is 23.4 Å². The van der Waals surface area contributed by atoms with E-state index in [1.165, 1.54) is 11.8 Å². The van der Waals surface area contributed by atoms with E-state index in [-0.39, 0.29) is 5.91 Å². The van der Waals surface area contributed by atoms with Crippen LogP contribution in [0.4, 0.5) is 0 Å². The van der Waals surface area contributed by atoms with E-state index >= 15 is 0 Å². The van der Waals surface area contributed by atoms with Crippen molar-refractivity contribution in [3.8, 4) is 11.5 Å². The molecule has 2 aromatic carbocycles. The summed E-state index contributed by atoms with van der Waals surface area (Å²) in [6, 6.07) is 14.9. The standard InChI is InChI=1S/C19H16ClNO3S2/c20-15-7-1-2-8-16(15)24-10-4-9-23-14-6-3-5-13(11-14)12-17-18(22)21-19(25)26-17/h1-3,5-8,11-12H,4,9-10H2,(H,21,22,25). The Hall–Kier alpha value is -2.02. The van der Waals surface area contributed by atoms with Gasteiger partial charge in [0, 0.05) is 6.42 Å². The van der Waals surface area contributed by atoms with Gasteiger partial charge in [0.25, 0.3) is 5.91 Å². The van der Waals surface area contributed by atoms with Gasteiger partial charge in [-0.15, -0.1) is 0 Å². The molecule has 0 aliphatic carbocycles. The molecule has 134 valence electrons. The summed E-state index contributed by atoms with van der Waals surface area (Å²) in [6.07, 6.45) is 2.52. The topological polar surface area (TPSA) is 47.6 Å². The number of carbonyl (C=O) groups excluding carboxylic acids is 1. The van der Waals surface area contributed by atoms with Crippen molar-refractivity contribution < 1.29 is 14.3 Å². The Bertz CT molecular complexity index is 854. The van der Waals surface area contributed by atoms with Crippen molar-refractivity contribution >= 4 is 51.9 Å². The number of hydrogen-bond donors (Lipinski definition) is 1. The van der Waals surface area contributed by atoms with E-state index < -0.39 is 0 Å². The third-order valence-corrected chi connectivity index (χ3v) is 4.92. The highest BCUT2D eigenvalue weighted by Gasteiger charge is 2.21. The molecule has 1 fully saturated rings. The molecule has 1 aliphatic heterocycles. The molecule has 26 heavy (non-hydrogen) atoms. The minimum atomic E-state index is -0.164. The lowest BCUT2D eigenvalue weighted by Gasteiger charge is -2.09. The number of thioether (sulfide) groups is 1. The Morgan fingerprint density at radius 2 is 1.92 bits per heavy atom. The predicted octanol–water partition coefficient (Wildman–Crippen LogP) is 4.68. The molecular formula is C19H16ClNO3S2. The SMILES string of the molecule is O=C1NC(=S)SC1=Cc1cccc(OCCCOc2ccccc2Cl)c1. The van der Waals surface area contributed by atoms with E-state index in [2.05, 4.69) is 5.32 Å². The molecule has 1 heterocycles. The molecule has 0 unspecified atom stereocenters. The molecule has 0 bridgehead atoms. The lowest BCUT2D eigenvalue weighted by molar-refractivity contribution is -0.115. The first-order valence-corrected chi connectivity index (χ1v) is 9.57. The first-order chi connectivity index (χ1) is 12.6. The number of halogens is 1. The van der Waals surface area contributed by atoms with Crippen molar-refractivity contribution in [2.75, 3.05) is 13.2 Å². The van der Waals surface area contributed by atoms with E-state index in [4.69, 9.17) is 33.3 Å². The first kappa shape index (κ1) is 18.8. The summed E-state index contributed by atoms with van der Waals surface area (Å²) < 4.78 is 11.9. The Balaban J connectivity index is 1.48. The Labute approximate surface area is 166 Å². The average molecular weight is 406 g/mol. The molecule has 0 spiro atoms. The zero-order chi connectivity index (χ0) is 18.4. The van der Waals surface area contributed by atoms with E-state index in [0.29, 0.717) is 33.2 Å². The summed E-state index contributed by atoms with van der Waals surface area (Å²) in [4.78, 5) is 12.3. The van der Waals surface area contributed by atoms with Gasteiger partial charge in [-0.1, -0.05) is 59.8 Å². The number of para-hydroxylation sites is 1. The molecular weight excluding hydrogens is 390 g/mol. The van der Waals surface area contributed by atoms with Crippen LogP contribution in [0.3, 0.4) is 0 Å². The smallest absolute Gasteiger partial charge is 0.263 e. The maximum Gasteiger partial charge on any atom is 0.263 e. The summed E-state index contributed by atoms with van der Waals surface area (Å²) in [5.74, 6) is 1.25. The van der Waals surface area contributed by atoms with Crippen molar-refractivity contribution in [2.24, 2.45) is 0 Å². The lowest BCUT2D eigenvalue weighted by atomic mass is 10.2. The van der Waals surface area contributed by atoms with Gasteiger partial charge in [0.2, 0.25) is 0 Å². The number of benzene rings is 2. The molecule has 7 heteroatoms. The molecule has 1 saturated heterocycles. The van der Waals surface area contributed by atoms with Gasteiger partial charge in [0.15, 0.2) is 0 Å². The lowest BCUT2D eigenvalue weighted by Crippen LogP contribution is -2.17. The highest BCUT2D eigenvalue weighted by molar-refractivity contribution is 8.26. The molecule has 4 nitrogen and oxygen atoms in total. The van der Waals surface area contributed by atoms with Crippen LogP contribution in [0.2, 0.25) is 5.02 Å². The van der Waals surface area contributed by atoms with Crippen LogP contribution < -0.4 is 14.8 Å². The molecule has 3 rings (SSSR count). The fraction of sp³-hybridized carbons (Fsp3) is 0.158. The van der Waals surface area contributed by atoms with E-state index in [9.17, 15) is 4.79 Å². The Kier molecular flexibility index (Phi) is 6.55. The van der Waals surface area contributed by atoms with Crippen molar-refractivity contribution in [1.29, 1.82) is 0 Å². The zero-order valence-electron chi connectivity index (χ0n) is 13.7. The van der Waals surface area contributed by atoms with Gasteiger partial charge in [0.05, 0.1) is 23.1 Å². The summed E-state index contributed by atoms with van der Waals surface area (Å²) in [7, 11) is 0. The normalized spacial score (nSPS) is 15.2. The number of rotatable bonds is 7. The molecule has 1 amide bonds. The van der Waals surface area contributed by atoms with Gasteiger partial charge in [-0.05, 0) is 35.9 Å². The van der Waals surface area contributed by atoms with E-state index in [1.807, 2.05) is 42.5 Å². The number of nitrogens with one attached hydrogen (secondary N) is 1. The minimum absolute atomic E-state index is 0.164. The molecule has 0 radical (unpaired) electrons. The van der Waals surface area contributed by atoms with Crippen LogP contribution in [0.5, 0.6) is 11.5 Å². The fourth-order valence-electron chi connectivity index (χ4n) is 2.26. The van der Waals surface area contributed by atoms with Gasteiger partial charge < -0.3 is 14.8 Å². The van der Waals surface area contributed by atoms with Crippen LogP contribution in [-0.2, 0) is 4.79 Å². The summed E-state index contributed by atoms with van der Waals surface area (Å²) >= 11 is 12.3. The van der Waals surface area contributed by atoms with Crippen molar-refractivity contribution in [3.05, 3.63) is 64.0 Å². The van der Waals surface area contributed by atoms with Crippen LogP contribution in [0.15, 0.2) is 53.4 Å². The molecule has 0 saturated carbocycles. The molecule has 1 aliphatic rings. The van der Waals surface area contributed by atoms with Crippen molar-refractivity contribution in [3.63, 3.8) is 0 Å². The van der Waals surface area contributed by atoms with Crippen LogP contribution in [0.1, 0.15) is 12.0 Å².